The molecule has 3 aromatic rings. The molecule has 3 rings (SSSR count). The molecule has 0 saturated carbocycles. The lowest BCUT2D eigenvalue weighted by atomic mass is 10.1. The van der Waals surface area contributed by atoms with Gasteiger partial charge in [0, 0.05) is 18.0 Å². The van der Waals surface area contributed by atoms with Crippen molar-refractivity contribution in [2.75, 3.05) is 6.54 Å². The highest BCUT2D eigenvalue weighted by Gasteiger charge is 2.25. The first-order valence-electron chi connectivity index (χ1n) is 12.3. The van der Waals surface area contributed by atoms with Crippen LogP contribution in [0.25, 0.3) is 0 Å². The van der Waals surface area contributed by atoms with Crippen molar-refractivity contribution in [3.8, 4) is 0 Å². The minimum absolute atomic E-state index is 0.163. The normalized spacial score (nSPS) is 11.1. The average Bonchev–Trinajstić information content (AvgIpc) is 3.45. The molecule has 12 heteroatoms. The van der Waals surface area contributed by atoms with E-state index in [4.69, 9.17) is 10.3 Å². The van der Waals surface area contributed by atoms with Crippen molar-refractivity contribution in [1.82, 2.24) is 20.4 Å². The second-order valence-electron chi connectivity index (χ2n) is 8.61. The standard InChI is InChI=1S/C27H30N6O5S/c28-32-31-22-13-11-20(12-14-22)17-33(18-23-9-6-16-39-23)25(34)24(30-26(35)36)10-4-5-15-29-27(37)38-19-21-7-2-1-3-8-21/h1-3,6-9,11-14,16,24,28,30H,4-5,10,15,17-19H2,(H-,29,35,36,37)/t24-/m0/s1. The zero-order chi connectivity index (χ0) is 27.9. The molecule has 0 bridgehead atoms. The summed E-state index contributed by atoms with van der Waals surface area (Å²) < 4.78 is 5.18. The zero-order valence-electron chi connectivity index (χ0n) is 21.2. The van der Waals surface area contributed by atoms with Crippen LogP contribution in [0.2, 0.25) is 0 Å². The summed E-state index contributed by atoms with van der Waals surface area (Å²) in [6, 6.07) is 19.1. The lowest BCUT2D eigenvalue weighted by Gasteiger charge is -2.28. The predicted molar refractivity (Wildman–Crippen MR) is 143 cm³/mol. The van der Waals surface area contributed by atoms with E-state index in [1.165, 1.54) is 11.3 Å². The van der Waals surface area contributed by atoms with Crippen molar-refractivity contribution < 1.29 is 24.2 Å². The van der Waals surface area contributed by atoms with Gasteiger partial charge >= 0.3 is 6.09 Å². The molecule has 1 heterocycles. The number of amides is 3. The molecule has 0 aliphatic heterocycles. The maximum absolute atomic E-state index is 13.5. The summed E-state index contributed by atoms with van der Waals surface area (Å²) in [5.74, 6) is -0.377. The van der Waals surface area contributed by atoms with Gasteiger partial charge in [-0.2, -0.15) is 0 Å². The summed E-state index contributed by atoms with van der Waals surface area (Å²) in [7, 11) is 0. The molecule has 1 atom stereocenters. The first-order chi connectivity index (χ1) is 18.9. The smallest absolute Gasteiger partial charge is 0.407 e. The second kappa shape index (κ2) is 15.7. The van der Waals surface area contributed by atoms with Gasteiger partial charge in [-0.25, -0.2) is 4.79 Å². The number of benzene rings is 2. The number of carboxylic acid groups (broad SMARTS) is 1. The summed E-state index contributed by atoms with van der Waals surface area (Å²) in [6.45, 7) is 1.04. The highest BCUT2D eigenvalue weighted by Crippen LogP contribution is 2.19. The van der Waals surface area contributed by atoms with Crippen LogP contribution >= 0.6 is 11.3 Å². The number of carbonyl (C=O) groups excluding carboxylic acids is 3. The Hall–Kier alpha value is -4.54. The molecular formula is C27H30N6O5S. The average molecular weight is 551 g/mol. The summed E-state index contributed by atoms with van der Waals surface area (Å²) in [5.41, 5.74) is 9.06. The van der Waals surface area contributed by atoms with Gasteiger partial charge in [-0.05, 0) is 54.0 Å². The molecule has 0 saturated heterocycles. The van der Waals surface area contributed by atoms with Crippen molar-refractivity contribution >= 4 is 35.1 Å². The Morgan fingerprint density at radius 2 is 1.77 bits per heavy atom. The third-order valence-electron chi connectivity index (χ3n) is 5.71. The zero-order valence-corrected chi connectivity index (χ0v) is 22.1. The highest BCUT2D eigenvalue weighted by molar-refractivity contribution is 7.09. The lowest BCUT2D eigenvalue weighted by molar-refractivity contribution is -0.251. The van der Waals surface area contributed by atoms with Crippen LogP contribution in [0.5, 0.6) is 0 Å². The minimum Gasteiger partial charge on any atom is -0.530 e. The van der Waals surface area contributed by atoms with Crippen LogP contribution in [0.15, 0.2) is 77.2 Å². The number of carbonyl (C=O) groups is 3. The molecule has 1 aromatic heterocycles. The van der Waals surface area contributed by atoms with Crippen LogP contribution in [-0.4, -0.2) is 35.6 Å². The van der Waals surface area contributed by atoms with Crippen LogP contribution in [0.3, 0.4) is 0 Å². The van der Waals surface area contributed by atoms with Gasteiger partial charge in [-0.1, -0.05) is 48.5 Å². The predicted octanol–water partition coefficient (Wildman–Crippen LogP) is 3.86. The first kappa shape index (κ1) is 29.0. The molecule has 0 unspecified atom stereocenters. The molecule has 3 N–H and O–H groups in total. The first-order valence-corrected chi connectivity index (χ1v) is 13.2. The van der Waals surface area contributed by atoms with Crippen LogP contribution < -0.4 is 20.7 Å². The molecule has 0 aliphatic carbocycles. The molecule has 0 radical (unpaired) electrons. The van der Waals surface area contributed by atoms with E-state index in [1.54, 1.807) is 29.2 Å². The van der Waals surface area contributed by atoms with Crippen molar-refractivity contribution in [2.45, 2.75) is 45.0 Å². The maximum Gasteiger partial charge on any atom is 0.407 e. The van der Waals surface area contributed by atoms with E-state index in [9.17, 15) is 19.5 Å². The van der Waals surface area contributed by atoms with Crippen LogP contribution in [0.1, 0.15) is 35.3 Å². The molecule has 0 spiro atoms. The SMILES string of the molecule is N=[N+]=Nc1ccc(CN(Cc2cccs2)C(=O)[C@H](CCCCNC(=O)OCc2ccccc2)NC(=O)[O-])cc1. The van der Waals surface area contributed by atoms with Gasteiger partial charge in [0.2, 0.25) is 10.8 Å². The Bertz CT molecular complexity index is 1250. The van der Waals surface area contributed by atoms with E-state index in [0.717, 1.165) is 16.0 Å². The molecule has 2 aromatic carbocycles. The Balaban J connectivity index is 1.55. The molecule has 3 amide bonds. The van der Waals surface area contributed by atoms with Crippen LogP contribution in [-0.2, 0) is 29.2 Å². The Morgan fingerprint density at radius 3 is 2.44 bits per heavy atom. The van der Waals surface area contributed by atoms with Crippen LogP contribution in [0.4, 0.5) is 15.3 Å². The second-order valence-corrected chi connectivity index (χ2v) is 9.64. The van der Waals surface area contributed by atoms with Crippen molar-refractivity contribution in [3.63, 3.8) is 0 Å². The number of rotatable bonds is 14. The number of ether oxygens (including phenoxy) is 1. The van der Waals surface area contributed by atoms with Gasteiger partial charge in [0.1, 0.15) is 24.3 Å². The van der Waals surface area contributed by atoms with E-state index in [-0.39, 0.29) is 25.5 Å². The van der Waals surface area contributed by atoms with E-state index in [1.807, 2.05) is 47.8 Å². The maximum atomic E-state index is 13.5. The molecule has 39 heavy (non-hydrogen) atoms. The van der Waals surface area contributed by atoms with Crippen molar-refractivity contribution in [3.05, 3.63) is 88.1 Å². The van der Waals surface area contributed by atoms with Gasteiger partial charge in [-0.3, -0.25) is 4.79 Å². The molecule has 204 valence electrons. The molecule has 0 aliphatic rings. The van der Waals surface area contributed by atoms with E-state index >= 15 is 0 Å². The van der Waals surface area contributed by atoms with Gasteiger partial charge < -0.3 is 30.2 Å². The fraction of sp³-hybridized carbons (Fsp3) is 0.296. The Labute approximate surface area is 230 Å². The number of nitrogens with zero attached hydrogens (tertiary/aromatic N) is 3. The van der Waals surface area contributed by atoms with Gasteiger partial charge in [0.15, 0.2) is 10.8 Å². The monoisotopic (exact) mass is 550 g/mol. The number of hydrogen-bond donors (Lipinski definition) is 3. The number of hydrogen-bond acceptors (Lipinski definition) is 8. The topological polar surface area (TPSA) is 161 Å². The van der Waals surface area contributed by atoms with E-state index in [0.29, 0.717) is 31.6 Å². The number of nitrogens with one attached hydrogen (secondary N) is 3. The van der Waals surface area contributed by atoms with E-state index < -0.39 is 18.2 Å². The van der Waals surface area contributed by atoms with Gasteiger partial charge in [0.25, 0.3) is 0 Å². The Kier molecular flexibility index (Phi) is 11.6. The minimum atomic E-state index is -1.53. The number of alkyl carbamates (subject to hydrolysis) is 1. The molecule has 0 fully saturated rings. The Morgan fingerprint density at radius 1 is 1.00 bits per heavy atom. The summed E-state index contributed by atoms with van der Waals surface area (Å²) >= 11 is 1.50. The van der Waals surface area contributed by atoms with Crippen LogP contribution in [0, 0.1) is 5.53 Å². The quantitative estimate of drug-likeness (QED) is 0.158. The highest BCUT2D eigenvalue weighted by atomic mass is 32.1. The van der Waals surface area contributed by atoms with Gasteiger partial charge in [-0.15, -0.1) is 11.3 Å². The lowest BCUT2D eigenvalue weighted by Crippen LogP contribution is -2.51. The largest absolute Gasteiger partial charge is 0.530 e. The fourth-order valence-electron chi connectivity index (χ4n) is 3.81. The van der Waals surface area contributed by atoms with Crippen molar-refractivity contribution in [2.24, 2.45) is 5.11 Å². The number of unbranched alkanes of at least 4 members (excludes halogenated alkanes) is 1. The van der Waals surface area contributed by atoms with E-state index in [2.05, 4.69) is 20.7 Å². The molecular weight excluding hydrogens is 520 g/mol. The summed E-state index contributed by atoms with van der Waals surface area (Å²) in [4.78, 5) is 42.4. The third kappa shape index (κ3) is 10.4. The summed E-state index contributed by atoms with van der Waals surface area (Å²) in [6.07, 6.45) is -0.837. The third-order valence-corrected chi connectivity index (χ3v) is 6.57. The number of thiophene rings is 1. The summed E-state index contributed by atoms with van der Waals surface area (Å²) in [5, 5.41) is 21.9. The molecule has 11 nitrogen and oxygen atoms in total. The van der Waals surface area contributed by atoms with Gasteiger partial charge in [0.05, 0.1) is 6.54 Å². The van der Waals surface area contributed by atoms with Crippen molar-refractivity contribution in [1.29, 1.82) is 5.53 Å². The fourth-order valence-corrected chi connectivity index (χ4v) is 4.53.